The van der Waals surface area contributed by atoms with Crippen molar-refractivity contribution >= 4 is 234 Å². The maximum absolute atomic E-state index is 10.8. The van der Waals surface area contributed by atoms with E-state index in [0.717, 1.165) is 103 Å². The van der Waals surface area contributed by atoms with Crippen LogP contribution in [-0.2, 0) is 4.74 Å². The van der Waals surface area contributed by atoms with Crippen molar-refractivity contribution in [2.24, 2.45) is 0 Å². The second kappa shape index (κ2) is 31.5. The third-order valence-electron chi connectivity index (χ3n) is 12.4. The van der Waals surface area contributed by atoms with Gasteiger partial charge < -0.3 is 38.6 Å². The Hall–Kier alpha value is -6.56. The van der Waals surface area contributed by atoms with Gasteiger partial charge in [-0.2, -0.15) is 0 Å². The number of phenols is 1. The number of halogens is 2. The van der Waals surface area contributed by atoms with Crippen LogP contribution in [0.25, 0.3) is 84.1 Å². The Morgan fingerprint density at radius 2 is 0.876 bits per heavy atom. The van der Waals surface area contributed by atoms with Gasteiger partial charge in [-0.3, -0.25) is 4.79 Å². The highest BCUT2D eigenvalue weighted by Gasteiger charge is 2.15. The van der Waals surface area contributed by atoms with Crippen molar-refractivity contribution in [3.63, 3.8) is 0 Å². The highest BCUT2D eigenvalue weighted by atomic mass is 35.5. The summed E-state index contributed by atoms with van der Waals surface area (Å²) in [6.45, 7) is 3.64. The molecule has 1 aliphatic heterocycles. The molecule has 0 atom stereocenters. The van der Waals surface area contributed by atoms with Crippen LogP contribution in [0, 0.1) is 13.6 Å². The summed E-state index contributed by atoms with van der Waals surface area (Å²) in [6.07, 6.45) is 0. The number of ether oxygens (including phenoxy) is 1. The minimum absolute atomic E-state index is 0.0150. The van der Waals surface area contributed by atoms with E-state index in [1.165, 1.54) is 30.1 Å². The maximum Gasteiger partial charge on any atom is 0.305 e. The number of oxazole rings is 2. The molecule has 0 amide bonds. The first-order chi connectivity index (χ1) is 43.4. The van der Waals surface area contributed by atoms with Gasteiger partial charge in [0.2, 0.25) is 0 Å². The molecule has 5 N–H and O–H groups in total. The number of benzene rings is 9. The van der Waals surface area contributed by atoms with E-state index in [1.807, 2.05) is 127 Å². The first-order valence-electron chi connectivity index (χ1n) is 26.7. The van der Waals surface area contributed by atoms with Gasteiger partial charge in [0.1, 0.15) is 5.75 Å². The van der Waals surface area contributed by atoms with Crippen molar-refractivity contribution in [3.8, 4) is 5.75 Å². The van der Waals surface area contributed by atoms with Gasteiger partial charge in [-0.05, 0) is 161 Å². The minimum Gasteiger partial charge on any atom is -0.506 e. The van der Waals surface area contributed by atoms with E-state index < -0.39 is 0 Å². The number of aromatic hydroxyl groups is 1. The van der Waals surface area contributed by atoms with E-state index in [4.69, 9.17) is 73.4 Å². The lowest BCUT2D eigenvalue weighted by molar-refractivity contribution is 0.0773. The SMILES string of the molecule is O=c1[nH]c2ccccc2s1.Oc1c(Cl)cc(Cl)c2ccccc12.S=c1[nH]c2ccccc2o1.S=c1[nH]c2ccccc2o1.S=c1[nH]c2ccccc2s1.c1ccc2sc(SN3CCOCC3)nc2c1.c1ccc2sc(SSc3nc4ccccc4s3)nc2c1. The summed E-state index contributed by atoms with van der Waals surface area (Å²) in [5, 5.41) is 11.9. The molecule has 89 heavy (non-hydrogen) atoms. The zero-order valence-corrected chi connectivity index (χ0v) is 56.5. The summed E-state index contributed by atoms with van der Waals surface area (Å²) in [5.41, 5.74) is 8.84. The Morgan fingerprint density at radius 3 is 1.37 bits per heavy atom. The number of hydrogen-bond donors (Lipinski definition) is 5. The summed E-state index contributed by atoms with van der Waals surface area (Å²) in [4.78, 5) is 37.1. The van der Waals surface area contributed by atoms with E-state index in [2.05, 4.69) is 99.9 Å². The van der Waals surface area contributed by atoms with Crippen LogP contribution in [0.1, 0.15) is 0 Å². The van der Waals surface area contributed by atoms with Gasteiger partial charge in [-0.25, -0.2) is 19.3 Å². The van der Waals surface area contributed by atoms with Gasteiger partial charge in [-0.1, -0.05) is 144 Å². The summed E-state index contributed by atoms with van der Waals surface area (Å²) in [7, 11) is 3.37. The van der Waals surface area contributed by atoms with Crippen molar-refractivity contribution in [3.05, 3.63) is 234 Å². The van der Waals surface area contributed by atoms with Gasteiger partial charge in [0, 0.05) is 23.9 Å². The first kappa shape index (κ1) is 64.0. The van der Waals surface area contributed by atoms with Crippen LogP contribution in [0.4, 0.5) is 0 Å². The molecule has 0 spiro atoms. The van der Waals surface area contributed by atoms with Crippen LogP contribution in [-0.4, -0.2) is 70.6 Å². The van der Waals surface area contributed by atoms with Crippen molar-refractivity contribution in [1.82, 2.24) is 39.2 Å². The van der Waals surface area contributed by atoms with Gasteiger partial charge in [0.25, 0.3) is 9.67 Å². The molecule has 448 valence electrons. The van der Waals surface area contributed by atoms with Gasteiger partial charge >= 0.3 is 4.87 Å². The topological polar surface area (TPSA) is 178 Å². The van der Waals surface area contributed by atoms with Crippen molar-refractivity contribution in [2.75, 3.05) is 26.3 Å². The maximum atomic E-state index is 10.8. The molecule has 7 aromatic heterocycles. The molecule has 1 aliphatic rings. The molecular formula is C63H46Cl2N8O5S11. The highest BCUT2D eigenvalue weighted by Crippen LogP contribution is 2.43. The van der Waals surface area contributed by atoms with Crippen molar-refractivity contribution < 1.29 is 18.7 Å². The zero-order chi connectivity index (χ0) is 61.5. The lowest BCUT2D eigenvalue weighted by Crippen LogP contribution is -2.30. The molecule has 0 saturated carbocycles. The van der Waals surface area contributed by atoms with Crippen LogP contribution < -0.4 is 4.87 Å². The smallest absolute Gasteiger partial charge is 0.305 e. The average molecular weight is 1420 g/mol. The molecule has 16 aromatic rings. The number of rotatable bonds is 5. The fourth-order valence-corrected chi connectivity index (χ4v) is 17.8. The third kappa shape index (κ3) is 17.7. The van der Waals surface area contributed by atoms with Crippen LogP contribution in [0.5, 0.6) is 5.75 Å². The Kier molecular flexibility index (Phi) is 22.6. The predicted octanol–water partition coefficient (Wildman–Crippen LogP) is 21.7. The molecule has 0 aliphatic carbocycles. The Bertz CT molecular complexity index is 4600. The molecule has 1 saturated heterocycles. The highest BCUT2D eigenvalue weighted by molar-refractivity contribution is 8.77. The lowest BCUT2D eigenvalue weighted by atomic mass is 10.1. The lowest BCUT2D eigenvalue weighted by Gasteiger charge is -2.23. The second-order valence-corrected chi connectivity index (χ2v) is 29.8. The number of aromatic nitrogens is 7. The van der Waals surface area contributed by atoms with Gasteiger partial charge in [0.05, 0.1) is 85.4 Å². The van der Waals surface area contributed by atoms with E-state index in [9.17, 15) is 9.90 Å². The number of hydrogen-bond acceptors (Lipinski definition) is 20. The molecule has 9 aromatic carbocycles. The molecular weight excluding hydrogens is 1370 g/mol. The first-order valence-corrected chi connectivity index (χ1v) is 35.7. The van der Waals surface area contributed by atoms with Crippen LogP contribution in [0.15, 0.2) is 227 Å². The van der Waals surface area contributed by atoms with Crippen LogP contribution >= 0.6 is 150 Å². The Labute approximate surface area is 565 Å². The number of fused-ring (bicyclic) bond motifs is 8. The molecule has 26 heteroatoms. The molecule has 0 bridgehead atoms. The fraction of sp³-hybridized carbons (Fsp3) is 0.0635. The number of para-hydroxylation sites is 9. The van der Waals surface area contributed by atoms with Gasteiger partial charge in [-0.15, -0.1) is 45.3 Å². The molecule has 1 fully saturated rings. The molecule has 0 unspecified atom stereocenters. The molecule has 13 nitrogen and oxygen atoms in total. The van der Waals surface area contributed by atoms with E-state index >= 15 is 0 Å². The third-order valence-corrected chi connectivity index (χ3v) is 22.7. The van der Waals surface area contributed by atoms with Crippen molar-refractivity contribution in [1.29, 1.82) is 0 Å². The standard InChI is InChI=1S/C14H8N2S4.C11H12N2OS2.C10H6Cl2O.3C7H5NOS.C7H5NS2/c1-3-7-11-9(5-1)15-13(17-11)19-20-14-16-10-6-2-4-8-12(10)18-14;1-2-4-10-9(3-1)12-11(15-10)16-13-5-7-14-8-6-13;11-8-5-9(12)10(13)7-4-2-1-3-6(7)8;9-7-8-5-3-1-2-4-6(5)10-7;2*10-7-8-5-3-1-2-4-6(5)9-7;9-7-8-5-3-1-2-4-6(5)10-7/h1-8H;1-4H,5-8H2;1-5,13H;1-4H,(H,8,9);2*1-4H,(H,8,10);1-4H,(H,8,9). The summed E-state index contributed by atoms with van der Waals surface area (Å²) >= 11 is 36.1. The van der Waals surface area contributed by atoms with E-state index in [0.29, 0.717) is 20.1 Å². The largest absolute Gasteiger partial charge is 0.506 e. The van der Waals surface area contributed by atoms with E-state index in [-0.39, 0.29) is 15.6 Å². The van der Waals surface area contributed by atoms with Gasteiger partial charge in [0.15, 0.2) is 28.1 Å². The van der Waals surface area contributed by atoms with E-state index in [1.54, 1.807) is 91.0 Å². The number of nitrogens with one attached hydrogen (secondary N) is 4. The molecule has 17 rings (SSSR count). The number of phenolic OH excluding ortho intramolecular Hbond substituents is 1. The summed E-state index contributed by atoms with van der Waals surface area (Å²) < 4.78 is 28.0. The molecule has 0 radical (unpaired) electrons. The quantitative estimate of drug-likeness (QED) is 0.0624. The predicted molar refractivity (Wildman–Crippen MR) is 387 cm³/mol. The molecule has 8 heterocycles. The van der Waals surface area contributed by atoms with Crippen LogP contribution in [0.2, 0.25) is 10.0 Å². The number of nitrogens with zero attached hydrogens (tertiary/aromatic N) is 4. The van der Waals surface area contributed by atoms with Crippen LogP contribution in [0.3, 0.4) is 0 Å². The zero-order valence-electron chi connectivity index (χ0n) is 46.0. The summed E-state index contributed by atoms with van der Waals surface area (Å²) in [5.74, 6) is 0.0849. The monoisotopic (exact) mass is 1420 g/mol. The summed E-state index contributed by atoms with van der Waals surface area (Å²) in [6, 6.07) is 64.7. The number of aromatic amines is 4. The normalized spacial score (nSPS) is 12.0. The van der Waals surface area contributed by atoms with Crippen molar-refractivity contribution in [2.45, 2.75) is 13.0 Å². The average Bonchev–Trinajstić information content (AvgIpc) is 4.10. The Morgan fingerprint density at radius 1 is 0.461 bits per heavy atom. The second-order valence-electron chi connectivity index (χ2n) is 18.4. The Balaban J connectivity index is 0.000000109. The number of morpholine rings is 1. The minimum atomic E-state index is 0.0150. The number of thiazole rings is 5. The fourth-order valence-electron chi connectivity index (χ4n) is 8.34. The number of H-pyrrole nitrogens is 4.